The summed E-state index contributed by atoms with van der Waals surface area (Å²) in [6.45, 7) is 8.70. The first-order valence-corrected chi connectivity index (χ1v) is 6.44. The summed E-state index contributed by atoms with van der Waals surface area (Å²) < 4.78 is 6.24. The van der Waals surface area contributed by atoms with Gasteiger partial charge in [-0.15, -0.1) is 0 Å². The molecule has 90 valence electrons. The van der Waals surface area contributed by atoms with Gasteiger partial charge < -0.3 is 4.74 Å². The molecule has 2 nitrogen and oxygen atoms in total. The molecule has 0 radical (unpaired) electrons. The van der Waals surface area contributed by atoms with Crippen molar-refractivity contribution >= 4 is 15.9 Å². The highest BCUT2D eigenvalue weighted by Crippen LogP contribution is 2.26. The quantitative estimate of drug-likeness (QED) is 0.818. The van der Waals surface area contributed by atoms with E-state index in [-0.39, 0.29) is 0 Å². The Morgan fingerprint density at radius 2 is 2.06 bits per heavy atom. The second-order valence-electron chi connectivity index (χ2n) is 4.13. The zero-order chi connectivity index (χ0) is 12.1. The smallest absolute Gasteiger partial charge is 0.133 e. The molecule has 0 N–H and O–H groups in total. The van der Waals surface area contributed by atoms with Crippen LogP contribution in [0.4, 0.5) is 0 Å². The molecule has 0 aromatic heterocycles. The summed E-state index contributed by atoms with van der Waals surface area (Å²) in [4.78, 5) is 2.42. The molecule has 0 aliphatic carbocycles. The van der Waals surface area contributed by atoms with Crippen LogP contribution in [0.15, 0.2) is 22.7 Å². The molecule has 0 amide bonds. The minimum Gasteiger partial charge on any atom is -0.496 e. The van der Waals surface area contributed by atoms with Crippen LogP contribution in [-0.4, -0.2) is 24.6 Å². The molecule has 0 saturated heterocycles. The number of hydrogen-bond donors (Lipinski definition) is 0. The number of benzene rings is 1. The van der Waals surface area contributed by atoms with Gasteiger partial charge in [-0.1, -0.05) is 13.0 Å². The van der Waals surface area contributed by atoms with Gasteiger partial charge in [-0.2, -0.15) is 0 Å². The van der Waals surface area contributed by atoms with E-state index in [0.717, 1.165) is 23.3 Å². The highest BCUT2D eigenvalue weighted by Gasteiger charge is 2.09. The Morgan fingerprint density at radius 1 is 1.38 bits per heavy atom. The molecule has 16 heavy (non-hydrogen) atoms. The molecule has 0 unspecified atom stereocenters. The van der Waals surface area contributed by atoms with Crippen LogP contribution in [0.3, 0.4) is 0 Å². The van der Waals surface area contributed by atoms with Crippen molar-refractivity contribution in [3.63, 3.8) is 0 Å². The topological polar surface area (TPSA) is 12.5 Å². The third-order valence-corrected chi connectivity index (χ3v) is 3.36. The monoisotopic (exact) mass is 285 g/mol. The number of ether oxygens (including phenoxy) is 1. The van der Waals surface area contributed by atoms with Gasteiger partial charge in [0.05, 0.1) is 11.6 Å². The molecule has 1 aromatic carbocycles. The van der Waals surface area contributed by atoms with Gasteiger partial charge in [-0.3, -0.25) is 4.90 Å². The van der Waals surface area contributed by atoms with Gasteiger partial charge in [-0.25, -0.2) is 0 Å². The molecule has 0 heterocycles. The summed E-state index contributed by atoms with van der Waals surface area (Å²) in [6.07, 6.45) is 0. The molecule has 3 heteroatoms. The van der Waals surface area contributed by atoms with Crippen LogP contribution < -0.4 is 4.74 Å². The summed E-state index contributed by atoms with van der Waals surface area (Å²) in [5.41, 5.74) is 1.31. The van der Waals surface area contributed by atoms with Gasteiger partial charge in [0.1, 0.15) is 5.75 Å². The lowest BCUT2D eigenvalue weighted by molar-refractivity contribution is 0.225. The first kappa shape index (κ1) is 13.5. The fourth-order valence-corrected chi connectivity index (χ4v) is 2.29. The Bertz CT molecular complexity index is 339. The summed E-state index contributed by atoms with van der Waals surface area (Å²) >= 11 is 3.51. The van der Waals surface area contributed by atoms with Gasteiger partial charge in [0, 0.05) is 12.6 Å². The maximum atomic E-state index is 5.22. The van der Waals surface area contributed by atoms with E-state index in [1.807, 2.05) is 6.07 Å². The van der Waals surface area contributed by atoms with Crippen molar-refractivity contribution in [3.8, 4) is 5.75 Å². The summed E-state index contributed by atoms with van der Waals surface area (Å²) in [6, 6.07) is 6.83. The van der Waals surface area contributed by atoms with E-state index in [2.05, 4.69) is 53.7 Å². The van der Waals surface area contributed by atoms with Crippen molar-refractivity contribution in [2.45, 2.75) is 33.4 Å². The highest BCUT2D eigenvalue weighted by atomic mass is 79.9. The molecular weight excluding hydrogens is 266 g/mol. The Hall–Kier alpha value is -0.540. The number of halogens is 1. The largest absolute Gasteiger partial charge is 0.496 e. The summed E-state index contributed by atoms with van der Waals surface area (Å²) in [5, 5.41) is 0. The van der Waals surface area contributed by atoms with Crippen molar-refractivity contribution in [1.29, 1.82) is 0 Å². The molecule has 0 aliphatic rings. The predicted molar refractivity (Wildman–Crippen MR) is 71.9 cm³/mol. The van der Waals surface area contributed by atoms with E-state index >= 15 is 0 Å². The van der Waals surface area contributed by atoms with Crippen LogP contribution in [0.2, 0.25) is 0 Å². The molecule has 1 aromatic rings. The predicted octanol–water partition coefficient (Wildman–Crippen LogP) is 3.69. The molecular formula is C13H20BrNO. The summed E-state index contributed by atoms with van der Waals surface area (Å²) in [5.74, 6) is 0.886. The van der Waals surface area contributed by atoms with E-state index in [9.17, 15) is 0 Å². The zero-order valence-electron chi connectivity index (χ0n) is 10.5. The minimum atomic E-state index is 0.575. The van der Waals surface area contributed by atoms with Crippen molar-refractivity contribution in [1.82, 2.24) is 4.90 Å². The van der Waals surface area contributed by atoms with Crippen LogP contribution in [0, 0.1) is 0 Å². The lowest BCUT2D eigenvalue weighted by Gasteiger charge is -2.24. The number of rotatable bonds is 5. The van der Waals surface area contributed by atoms with Gasteiger partial charge in [0.25, 0.3) is 0 Å². The molecule has 0 bridgehead atoms. The van der Waals surface area contributed by atoms with Crippen molar-refractivity contribution in [2.75, 3.05) is 13.7 Å². The molecule has 0 spiro atoms. The van der Waals surface area contributed by atoms with Crippen LogP contribution in [0.25, 0.3) is 0 Å². The molecule has 0 atom stereocenters. The standard InChI is InChI=1S/C13H20BrNO/c1-5-15(10(2)3)9-11-6-7-13(16-4)12(14)8-11/h6-8,10H,5,9H2,1-4H3. The molecule has 0 fully saturated rings. The zero-order valence-corrected chi connectivity index (χ0v) is 12.0. The maximum absolute atomic E-state index is 5.22. The van der Waals surface area contributed by atoms with E-state index < -0.39 is 0 Å². The average Bonchev–Trinajstić information content (AvgIpc) is 2.25. The first-order valence-electron chi connectivity index (χ1n) is 5.65. The van der Waals surface area contributed by atoms with Crippen LogP contribution in [-0.2, 0) is 6.54 Å². The third-order valence-electron chi connectivity index (χ3n) is 2.74. The van der Waals surface area contributed by atoms with E-state index in [1.54, 1.807) is 7.11 Å². The van der Waals surface area contributed by atoms with E-state index in [0.29, 0.717) is 6.04 Å². The molecule has 0 aliphatic heterocycles. The van der Waals surface area contributed by atoms with Crippen LogP contribution >= 0.6 is 15.9 Å². The molecule has 0 saturated carbocycles. The average molecular weight is 286 g/mol. The van der Waals surface area contributed by atoms with Crippen LogP contribution in [0.1, 0.15) is 26.3 Å². The van der Waals surface area contributed by atoms with Crippen molar-refractivity contribution in [3.05, 3.63) is 28.2 Å². The van der Waals surface area contributed by atoms with Gasteiger partial charge in [0.15, 0.2) is 0 Å². The Kier molecular flexibility index (Phi) is 5.29. The first-order chi connectivity index (χ1) is 7.58. The number of hydrogen-bond acceptors (Lipinski definition) is 2. The second-order valence-corrected chi connectivity index (χ2v) is 4.98. The van der Waals surface area contributed by atoms with Crippen molar-refractivity contribution < 1.29 is 4.74 Å². The molecule has 1 rings (SSSR count). The fraction of sp³-hybridized carbons (Fsp3) is 0.538. The van der Waals surface area contributed by atoms with Crippen molar-refractivity contribution in [2.24, 2.45) is 0 Å². The summed E-state index contributed by atoms with van der Waals surface area (Å²) in [7, 11) is 1.69. The highest BCUT2D eigenvalue weighted by molar-refractivity contribution is 9.10. The minimum absolute atomic E-state index is 0.575. The Balaban J connectivity index is 2.78. The third kappa shape index (κ3) is 3.49. The Morgan fingerprint density at radius 3 is 2.50 bits per heavy atom. The number of methoxy groups -OCH3 is 1. The SMILES string of the molecule is CCN(Cc1ccc(OC)c(Br)c1)C(C)C. The number of nitrogens with zero attached hydrogens (tertiary/aromatic N) is 1. The normalized spacial score (nSPS) is 11.2. The maximum Gasteiger partial charge on any atom is 0.133 e. The Labute approximate surface area is 107 Å². The van der Waals surface area contributed by atoms with Gasteiger partial charge >= 0.3 is 0 Å². The van der Waals surface area contributed by atoms with Crippen LogP contribution in [0.5, 0.6) is 5.75 Å². The lowest BCUT2D eigenvalue weighted by atomic mass is 10.2. The lowest BCUT2D eigenvalue weighted by Crippen LogP contribution is -2.29. The van der Waals surface area contributed by atoms with E-state index in [1.165, 1.54) is 5.56 Å². The second kappa shape index (κ2) is 6.26. The van der Waals surface area contributed by atoms with Gasteiger partial charge in [-0.05, 0) is 54.0 Å². The fourth-order valence-electron chi connectivity index (χ4n) is 1.70. The van der Waals surface area contributed by atoms with Gasteiger partial charge in [0.2, 0.25) is 0 Å². The van der Waals surface area contributed by atoms with E-state index in [4.69, 9.17) is 4.74 Å².